The molecule has 2 aromatic carbocycles. The summed E-state index contributed by atoms with van der Waals surface area (Å²) >= 11 is 12.3. The SMILES string of the molecule is Cc1cc([C@@H]2[C@H](c3ccccn3)NC(=S)N2CCC(=O)Nc2ccccc2F)c(C)n1-c1ccccc1Cl. The van der Waals surface area contributed by atoms with Crippen molar-refractivity contribution in [2.75, 3.05) is 11.9 Å². The lowest BCUT2D eigenvalue weighted by atomic mass is 9.96. The Morgan fingerprint density at radius 1 is 1.11 bits per heavy atom. The van der Waals surface area contributed by atoms with E-state index in [9.17, 15) is 9.18 Å². The monoisotopic (exact) mass is 547 g/mol. The lowest BCUT2D eigenvalue weighted by Crippen LogP contribution is -2.33. The van der Waals surface area contributed by atoms with Crippen molar-refractivity contribution in [3.63, 3.8) is 0 Å². The van der Waals surface area contributed by atoms with Crippen LogP contribution in [0.4, 0.5) is 10.1 Å². The normalized spacial score (nSPS) is 16.9. The Morgan fingerprint density at radius 3 is 2.58 bits per heavy atom. The van der Waals surface area contributed by atoms with E-state index in [1.807, 2.05) is 54.3 Å². The Hall–Kier alpha value is -3.75. The first-order valence-electron chi connectivity index (χ1n) is 12.3. The molecule has 2 aromatic heterocycles. The van der Waals surface area contributed by atoms with Crippen molar-refractivity contribution in [2.24, 2.45) is 0 Å². The molecular weight excluding hydrogens is 521 g/mol. The van der Waals surface area contributed by atoms with Gasteiger partial charge in [0, 0.05) is 30.6 Å². The maximum Gasteiger partial charge on any atom is 0.226 e. The molecule has 5 rings (SSSR count). The van der Waals surface area contributed by atoms with Crippen LogP contribution in [0.25, 0.3) is 5.69 Å². The van der Waals surface area contributed by atoms with Gasteiger partial charge in [0.05, 0.1) is 34.2 Å². The zero-order chi connectivity index (χ0) is 26.8. The fourth-order valence-electron chi connectivity index (χ4n) is 5.07. The molecule has 2 N–H and O–H groups in total. The van der Waals surface area contributed by atoms with Crippen molar-refractivity contribution in [2.45, 2.75) is 32.4 Å². The van der Waals surface area contributed by atoms with Crippen LogP contribution in [0.3, 0.4) is 0 Å². The van der Waals surface area contributed by atoms with Gasteiger partial charge in [-0.05, 0) is 74.1 Å². The Labute approximate surface area is 231 Å². The highest BCUT2D eigenvalue weighted by atomic mass is 35.5. The van der Waals surface area contributed by atoms with Crippen molar-refractivity contribution in [3.8, 4) is 5.69 Å². The number of halogens is 2. The Morgan fingerprint density at radius 2 is 1.84 bits per heavy atom. The van der Waals surface area contributed by atoms with E-state index in [2.05, 4.69) is 33.2 Å². The number of hydrogen-bond acceptors (Lipinski definition) is 3. The van der Waals surface area contributed by atoms with E-state index in [1.165, 1.54) is 6.07 Å². The number of aromatic nitrogens is 2. The van der Waals surface area contributed by atoms with Gasteiger partial charge in [-0.25, -0.2) is 4.39 Å². The largest absolute Gasteiger partial charge is 0.352 e. The van der Waals surface area contributed by atoms with Crippen LogP contribution in [-0.4, -0.2) is 32.0 Å². The maximum absolute atomic E-state index is 14.1. The number of carbonyl (C=O) groups is 1. The molecule has 0 spiro atoms. The van der Waals surface area contributed by atoms with Gasteiger partial charge >= 0.3 is 0 Å². The third-order valence-electron chi connectivity index (χ3n) is 6.81. The van der Waals surface area contributed by atoms with Crippen molar-refractivity contribution >= 4 is 40.5 Å². The number of anilines is 1. The molecule has 1 fully saturated rings. The molecule has 0 unspecified atom stereocenters. The number of benzene rings is 2. The summed E-state index contributed by atoms with van der Waals surface area (Å²) in [5.74, 6) is -0.765. The molecule has 194 valence electrons. The van der Waals surface area contributed by atoms with E-state index in [0.717, 1.165) is 28.3 Å². The molecule has 1 aliphatic heterocycles. The number of hydrogen-bond donors (Lipinski definition) is 2. The summed E-state index contributed by atoms with van der Waals surface area (Å²) in [5.41, 5.74) is 5.01. The van der Waals surface area contributed by atoms with Gasteiger partial charge in [-0.1, -0.05) is 41.9 Å². The van der Waals surface area contributed by atoms with Crippen LogP contribution in [0.5, 0.6) is 0 Å². The smallest absolute Gasteiger partial charge is 0.226 e. The molecule has 2 atom stereocenters. The molecular formula is C29H27ClFN5OS. The predicted octanol–water partition coefficient (Wildman–Crippen LogP) is 6.28. The van der Waals surface area contributed by atoms with E-state index >= 15 is 0 Å². The summed E-state index contributed by atoms with van der Waals surface area (Å²) in [6.07, 6.45) is 1.89. The molecule has 0 radical (unpaired) electrons. The number of amides is 1. The van der Waals surface area contributed by atoms with E-state index < -0.39 is 5.82 Å². The maximum atomic E-state index is 14.1. The van der Waals surface area contributed by atoms with E-state index in [-0.39, 0.29) is 30.1 Å². The number of nitrogens with zero attached hydrogens (tertiary/aromatic N) is 3. The van der Waals surface area contributed by atoms with Crippen LogP contribution in [0, 0.1) is 19.7 Å². The average molecular weight is 548 g/mol. The van der Waals surface area contributed by atoms with Crippen LogP contribution in [-0.2, 0) is 4.79 Å². The Bertz CT molecular complexity index is 1490. The van der Waals surface area contributed by atoms with Gasteiger partial charge in [0.15, 0.2) is 5.11 Å². The molecule has 9 heteroatoms. The van der Waals surface area contributed by atoms with Gasteiger partial charge in [-0.3, -0.25) is 9.78 Å². The Kier molecular flexibility index (Phi) is 7.44. The summed E-state index contributed by atoms with van der Waals surface area (Å²) < 4.78 is 16.2. The summed E-state index contributed by atoms with van der Waals surface area (Å²) in [6.45, 7) is 4.45. The first-order chi connectivity index (χ1) is 18.3. The molecule has 1 amide bonds. The third kappa shape index (κ3) is 5.01. The van der Waals surface area contributed by atoms with Gasteiger partial charge in [-0.15, -0.1) is 0 Å². The van der Waals surface area contributed by atoms with Crippen LogP contribution in [0.2, 0.25) is 5.02 Å². The average Bonchev–Trinajstić information content (AvgIpc) is 3.39. The summed E-state index contributed by atoms with van der Waals surface area (Å²) in [6, 6.07) is 21.3. The summed E-state index contributed by atoms with van der Waals surface area (Å²) in [5, 5.41) is 7.28. The number of carbonyl (C=O) groups excluding carboxylic acids is 1. The molecule has 0 saturated carbocycles. The molecule has 1 aliphatic rings. The standard InChI is InChI=1S/C29H27ClFN5OS/c1-18-17-20(19(2)36(18)25-13-6-3-9-21(25)30)28-27(24-12-7-8-15-32-24)34-29(38)35(28)16-14-26(37)33-23-11-5-4-10-22(23)31/h3-13,15,17,27-28H,14,16H2,1-2H3,(H,33,37)(H,34,38)/t27-,28+/m0/s1. The van der Waals surface area contributed by atoms with Gasteiger partial charge in [0.2, 0.25) is 5.91 Å². The van der Waals surface area contributed by atoms with E-state index in [4.69, 9.17) is 23.8 Å². The number of aryl methyl sites for hydroxylation is 1. The van der Waals surface area contributed by atoms with Crippen LogP contribution in [0.1, 0.15) is 41.1 Å². The number of rotatable bonds is 7. The van der Waals surface area contributed by atoms with Crippen LogP contribution in [0.15, 0.2) is 79.0 Å². The number of thiocarbonyl (C=S) groups is 1. The molecule has 3 heterocycles. The molecule has 0 aliphatic carbocycles. The van der Waals surface area contributed by atoms with Gasteiger partial charge in [0.1, 0.15) is 5.82 Å². The fourth-order valence-corrected chi connectivity index (χ4v) is 5.63. The second-order valence-corrected chi connectivity index (χ2v) is 10.0. The van der Waals surface area contributed by atoms with Crippen molar-refractivity contribution in [1.29, 1.82) is 0 Å². The quantitative estimate of drug-likeness (QED) is 0.267. The zero-order valence-electron chi connectivity index (χ0n) is 21.0. The number of para-hydroxylation sites is 2. The number of pyridine rings is 1. The van der Waals surface area contributed by atoms with Crippen LogP contribution < -0.4 is 10.6 Å². The number of nitrogens with one attached hydrogen (secondary N) is 2. The minimum absolute atomic E-state index is 0.130. The van der Waals surface area contributed by atoms with Gasteiger partial charge < -0.3 is 20.1 Å². The zero-order valence-corrected chi connectivity index (χ0v) is 22.6. The first-order valence-corrected chi connectivity index (χ1v) is 13.1. The van der Waals surface area contributed by atoms with Crippen LogP contribution >= 0.6 is 23.8 Å². The predicted molar refractivity (Wildman–Crippen MR) is 152 cm³/mol. The highest BCUT2D eigenvalue weighted by molar-refractivity contribution is 7.80. The summed E-state index contributed by atoms with van der Waals surface area (Å²) in [4.78, 5) is 19.4. The first kappa shape index (κ1) is 25.9. The molecule has 4 aromatic rings. The molecule has 0 bridgehead atoms. The molecule has 6 nitrogen and oxygen atoms in total. The molecule has 38 heavy (non-hydrogen) atoms. The highest BCUT2D eigenvalue weighted by Crippen LogP contribution is 2.42. The highest BCUT2D eigenvalue weighted by Gasteiger charge is 2.41. The van der Waals surface area contributed by atoms with E-state index in [1.54, 1.807) is 24.4 Å². The lowest BCUT2D eigenvalue weighted by molar-refractivity contribution is -0.116. The third-order valence-corrected chi connectivity index (χ3v) is 7.48. The van der Waals surface area contributed by atoms with Crippen molar-refractivity contribution < 1.29 is 9.18 Å². The topological polar surface area (TPSA) is 62.2 Å². The lowest BCUT2D eigenvalue weighted by Gasteiger charge is -2.28. The van der Waals surface area contributed by atoms with Gasteiger partial charge in [-0.2, -0.15) is 0 Å². The second-order valence-electron chi connectivity index (χ2n) is 9.21. The summed E-state index contributed by atoms with van der Waals surface area (Å²) in [7, 11) is 0. The van der Waals surface area contributed by atoms with Gasteiger partial charge in [0.25, 0.3) is 0 Å². The minimum Gasteiger partial charge on any atom is -0.352 e. The minimum atomic E-state index is -0.473. The second kappa shape index (κ2) is 10.9. The van der Waals surface area contributed by atoms with Crippen molar-refractivity contribution in [3.05, 3.63) is 112 Å². The van der Waals surface area contributed by atoms with E-state index in [0.29, 0.717) is 16.7 Å². The Balaban J connectivity index is 1.48. The molecule has 1 saturated heterocycles. The van der Waals surface area contributed by atoms with Crippen molar-refractivity contribution in [1.82, 2.24) is 19.8 Å². The fraction of sp³-hybridized carbons (Fsp3) is 0.207.